The molecule has 6 nitrogen and oxygen atoms in total. The SMILES string of the molecule is CSCC[C@H](NC(=O)c1ccc(NC[C@@H]2CC(=S)CN2)cc1-c1ccccc1)C(=O)O. The van der Waals surface area contributed by atoms with Gasteiger partial charge in [0.15, 0.2) is 0 Å². The minimum atomic E-state index is -1.02. The van der Waals surface area contributed by atoms with Crippen molar-refractivity contribution in [1.82, 2.24) is 10.6 Å². The van der Waals surface area contributed by atoms with Crippen molar-refractivity contribution in [3.63, 3.8) is 0 Å². The summed E-state index contributed by atoms with van der Waals surface area (Å²) >= 11 is 6.81. The number of hydrogen-bond acceptors (Lipinski definition) is 6. The molecule has 0 unspecified atom stereocenters. The predicted molar refractivity (Wildman–Crippen MR) is 131 cm³/mol. The van der Waals surface area contributed by atoms with Gasteiger partial charge >= 0.3 is 5.97 Å². The van der Waals surface area contributed by atoms with Gasteiger partial charge in [-0.2, -0.15) is 11.8 Å². The monoisotopic (exact) mass is 457 g/mol. The molecule has 2 atom stereocenters. The number of hydrogen-bond donors (Lipinski definition) is 4. The van der Waals surface area contributed by atoms with Crippen molar-refractivity contribution in [2.24, 2.45) is 0 Å². The molecule has 0 bridgehead atoms. The van der Waals surface area contributed by atoms with Crippen LogP contribution in [0.2, 0.25) is 0 Å². The molecule has 8 heteroatoms. The highest BCUT2D eigenvalue weighted by Gasteiger charge is 2.23. The van der Waals surface area contributed by atoms with Crippen molar-refractivity contribution in [3.8, 4) is 11.1 Å². The number of carbonyl (C=O) groups excluding carboxylic acids is 1. The summed E-state index contributed by atoms with van der Waals surface area (Å²) < 4.78 is 0. The lowest BCUT2D eigenvalue weighted by Crippen LogP contribution is -2.41. The van der Waals surface area contributed by atoms with Gasteiger partial charge in [-0.1, -0.05) is 42.5 Å². The minimum Gasteiger partial charge on any atom is -0.480 e. The van der Waals surface area contributed by atoms with E-state index in [0.29, 0.717) is 23.8 Å². The molecule has 1 heterocycles. The topological polar surface area (TPSA) is 90.5 Å². The molecule has 0 aliphatic carbocycles. The maximum atomic E-state index is 13.0. The van der Waals surface area contributed by atoms with Crippen molar-refractivity contribution in [3.05, 3.63) is 54.1 Å². The van der Waals surface area contributed by atoms with Gasteiger partial charge < -0.3 is 21.1 Å². The summed E-state index contributed by atoms with van der Waals surface area (Å²) in [5, 5.41) is 18.9. The van der Waals surface area contributed by atoms with Crippen LogP contribution < -0.4 is 16.0 Å². The molecule has 0 aromatic heterocycles. The Kier molecular flexibility index (Phi) is 8.45. The summed E-state index contributed by atoms with van der Waals surface area (Å²) in [6.45, 7) is 1.51. The van der Waals surface area contributed by atoms with Crippen LogP contribution in [0.15, 0.2) is 48.5 Å². The lowest BCUT2D eigenvalue weighted by Gasteiger charge is -2.18. The molecule has 1 aliphatic rings. The standard InChI is InChI=1S/C23H27N3O3S2/c1-31-10-9-21(23(28)29)26-22(27)19-8-7-16(24-13-17-11-18(30)14-25-17)12-20(19)15-5-3-2-4-6-15/h2-8,12,17,21,24-25H,9-11,13-14H2,1H3,(H,26,27)(H,28,29)/t17-,21-/m0/s1. The van der Waals surface area contributed by atoms with Gasteiger partial charge in [-0.05, 0) is 54.2 Å². The zero-order valence-electron chi connectivity index (χ0n) is 17.4. The first-order chi connectivity index (χ1) is 15.0. The Balaban J connectivity index is 1.82. The third-order valence-corrected chi connectivity index (χ3v) is 6.13. The number of nitrogens with one attached hydrogen (secondary N) is 3. The zero-order valence-corrected chi connectivity index (χ0v) is 19.0. The van der Waals surface area contributed by atoms with Crippen molar-refractivity contribution < 1.29 is 14.7 Å². The number of aliphatic carboxylic acids is 1. The lowest BCUT2D eigenvalue weighted by atomic mass is 9.98. The molecular formula is C23H27N3O3S2. The molecule has 0 spiro atoms. The first-order valence-corrected chi connectivity index (χ1v) is 12.0. The molecule has 3 rings (SSSR count). The minimum absolute atomic E-state index is 0.295. The van der Waals surface area contributed by atoms with Gasteiger partial charge in [-0.3, -0.25) is 4.79 Å². The average Bonchev–Trinajstić information content (AvgIpc) is 3.20. The molecule has 31 heavy (non-hydrogen) atoms. The van der Waals surface area contributed by atoms with Gasteiger partial charge in [-0.25, -0.2) is 4.79 Å². The third kappa shape index (κ3) is 6.53. The summed E-state index contributed by atoms with van der Waals surface area (Å²) in [7, 11) is 0. The Morgan fingerprint density at radius 1 is 1.26 bits per heavy atom. The Labute approximate surface area is 192 Å². The number of rotatable bonds is 10. The second kappa shape index (κ2) is 11.3. The van der Waals surface area contributed by atoms with Crippen molar-refractivity contribution in [2.45, 2.75) is 24.9 Å². The van der Waals surface area contributed by atoms with Gasteiger partial charge in [0, 0.05) is 35.2 Å². The summed E-state index contributed by atoms with van der Waals surface area (Å²) in [6.07, 6.45) is 3.16. The van der Waals surface area contributed by atoms with Crippen LogP contribution in [0.3, 0.4) is 0 Å². The van der Waals surface area contributed by atoms with Gasteiger partial charge in [0.25, 0.3) is 5.91 Å². The number of amides is 1. The van der Waals surface area contributed by atoms with Crippen LogP contribution in [0, 0.1) is 0 Å². The van der Waals surface area contributed by atoms with Crippen LogP contribution in [0.1, 0.15) is 23.2 Å². The van der Waals surface area contributed by atoms with Gasteiger partial charge in [0.2, 0.25) is 0 Å². The van der Waals surface area contributed by atoms with E-state index in [0.717, 1.165) is 41.2 Å². The Morgan fingerprint density at radius 3 is 2.68 bits per heavy atom. The smallest absolute Gasteiger partial charge is 0.326 e. The number of carboxylic acid groups (broad SMARTS) is 1. The maximum Gasteiger partial charge on any atom is 0.326 e. The molecule has 1 amide bonds. The second-order valence-corrected chi connectivity index (χ2v) is 9.04. The summed E-state index contributed by atoms with van der Waals surface area (Å²) in [6, 6.07) is 14.6. The van der Waals surface area contributed by atoms with Crippen LogP contribution in [-0.2, 0) is 4.79 Å². The van der Waals surface area contributed by atoms with E-state index >= 15 is 0 Å². The van der Waals surface area contributed by atoms with E-state index < -0.39 is 12.0 Å². The highest BCUT2D eigenvalue weighted by Crippen LogP contribution is 2.27. The van der Waals surface area contributed by atoms with Gasteiger partial charge in [0.05, 0.1) is 0 Å². The molecule has 164 valence electrons. The van der Waals surface area contributed by atoms with E-state index in [1.165, 1.54) is 0 Å². The molecule has 4 N–H and O–H groups in total. The van der Waals surface area contributed by atoms with Crippen LogP contribution >= 0.6 is 24.0 Å². The van der Waals surface area contributed by atoms with Crippen LogP contribution in [0.25, 0.3) is 11.1 Å². The largest absolute Gasteiger partial charge is 0.480 e. The normalized spacial score (nSPS) is 16.7. The Morgan fingerprint density at radius 2 is 2.03 bits per heavy atom. The lowest BCUT2D eigenvalue weighted by molar-refractivity contribution is -0.139. The third-order valence-electron chi connectivity index (χ3n) is 5.18. The molecule has 1 saturated heterocycles. The fourth-order valence-electron chi connectivity index (χ4n) is 3.50. The summed E-state index contributed by atoms with van der Waals surface area (Å²) in [5.41, 5.74) is 3.00. The molecule has 1 aliphatic heterocycles. The molecular weight excluding hydrogens is 430 g/mol. The van der Waals surface area contributed by atoms with Crippen LogP contribution in [-0.4, -0.2) is 59.0 Å². The summed E-state index contributed by atoms with van der Waals surface area (Å²) in [4.78, 5) is 25.6. The van der Waals surface area contributed by atoms with E-state index in [-0.39, 0.29) is 5.91 Å². The van der Waals surface area contributed by atoms with E-state index in [4.69, 9.17) is 12.2 Å². The fraction of sp³-hybridized carbons (Fsp3) is 0.348. The molecule has 2 aromatic carbocycles. The predicted octanol–water partition coefficient (Wildman–Crippen LogP) is 3.43. The second-order valence-electron chi connectivity index (χ2n) is 7.47. The summed E-state index contributed by atoms with van der Waals surface area (Å²) in [5.74, 6) is -0.754. The van der Waals surface area contributed by atoms with Crippen LogP contribution in [0.4, 0.5) is 5.69 Å². The quantitative estimate of drug-likeness (QED) is 0.406. The average molecular weight is 458 g/mol. The number of carbonyl (C=O) groups is 2. The number of anilines is 1. The highest BCUT2D eigenvalue weighted by atomic mass is 32.2. The van der Waals surface area contributed by atoms with Crippen LogP contribution in [0.5, 0.6) is 0 Å². The maximum absolute atomic E-state index is 13.0. The zero-order chi connectivity index (χ0) is 22.2. The highest BCUT2D eigenvalue weighted by molar-refractivity contribution is 7.98. The Hall–Kier alpha value is -2.42. The Bertz CT molecular complexity index is 937. The first-order valence-electron chi connectivity index (χ1n) is 10.2. The number of thiocarbonyl (C=S) groups is 1. The number of thioether (sulfide) groups is 1. The molecule has 2 aromatic rings. The van der Waals surface area contributed by atoms with E-state index in [9.17, 15) is 14.7 Å². The van der Waals surface area contributed by atoms with E-state index in [2.05, 4.69) is 16.0 Å². The molecule has 1 fully saturated rings. The fourth-order valence-corrected chi connectivity index (χ4v) is 4.26. The number of carboxylic acids is 1. The number of benzene rings is 2. The first kappa shape index (κ1) is 23.2. The van der Waals surface area contributed by atoms with E-state index in [1.54, 1.807) is 17.8 Å². The molecule has 0 saturated carbocycles. The molecule has 0 radical (unpaired) electrons. The van der Waals surface area contributed by atoms with Gasteiger partial charge in [0.1, 0.15) is 6.04 Å². The van der Waals surface area contributed by atoms with Gasteiger partial charge in [-0.15, -0.1) is 0 Å². The van der Waals surface area contributed by atoms with Crippen molar-refractivity contribution >= 4 is 46.4 Å². The van der Waals surface area contributed by atoms with E-state index in [1.807, 2.05) is 48.7 Å². The van der Waals surface area contributed by atoms with Crippen molar-refractivity contribution in [1.29, 1.82) is 0 Å². The van der Waals surface area contributed by atoms with Crippen molar-refractivity contribution in [2.75, 3.05) is 30.4 Å².